The van der Waals surface area contributed by atoms with E-state index < -0.39 is 0 Å². The summed E-state index contributed by atoms with van der Waals surface area (Å²) in [5.41, 5.74) is 10.8. The van der Waals surface area contributed by atoms with E-state index in [1.807, 2.05) is 73.1 Å². The van der Waals surface area contributed by atoms with E-state index in [9.17, 15) is 4.79 Å². The lowest BCUT2D eigenvalue weighted by Gasteiger charge is -2.08. The first kappa shape index (κ1) is 21.9. The monoisotopic (exact) mass is 421 g/mol. The second-order valence-corrected chi connectivity index (χ2v) is 7.16. The van der Waals surface area contributed by atoms with Gasteiger partial charge in [0, 0.05) is 17.8 Å². The highest BCUT2D eigenvalue weighted by Crippen LogP contribution is 2.11. The summed E-state index contributed by atoms with van der Waals surface area (Å²) in [5, 5.41) is 11.1. The minimum absolute atomic E-state index is 0.207. The van der Waals surface area contributed by atoms with Crippen LogP contribution in [0.5, 0.6) is 5.75 Å². The molecule has 0 atom stereocenters. The Hall–Kier alpha value is -3.81. The van der Waals surface area contributed by atoms with E-state index >= 15 is 0 Å². The predicted octanol–water partition coefficient (Wildman–Crippen LogP) is 2.51. The van der Waals surface area contributed by atoms with Gasteiger partial charge in [-0.15, -0.1) is 0 Å². The predicted molar refractivity (Wildman–Crippen MR) is 119 cm³/mol. The zero-order valence-corrected chi connectivity index (χ0v) is 18.0. The van der Waals surface area contributed by atoms with Gasteiger partial charge in [-0.05, 0) is 49.2 Å². The Balaban J connectivity index is 1.50. The number of aryl methyl sites for hydroxylation is 2. The normalized spacial score (nSPS) is 11.3. The molecule has 0 aliphatic carbocycles. The molecule has 0 saturated carbocycles. The third-order valence-corrected chi connectivity index (χ3v) is 4.67. The van der Waals surface area contributed by atoms with Crippen molar-refractivity contribution in [3.63, 3.8) is 0 Å². The molecular formula is C23H27N5O3. The largest absolute Gasteiger partial charge is 0.497 e. The number of benzene rings is 2. The molecule has 0 unspecified atom stereocenters. The van der Waals surface area contributed by atoms with Crippen LogP contribution < -0.4 is 15.8 Å². The zero-order chi connectivity index (χ0) is 22.2. The Bertz CT molecular complexity index is 1060. The lowest BCUT2D eigenvalue weighted by atomic mass is 10.1. The number of carbonyl (C=O) groups excluding carboxylic acids is 1. The molecule has 1 amide bonds. The minimum Gasteiger partial charge on any atom is -0.497 e. The molecule has 162 valence electrons. The molecule has 3 aromatic rings. The van der Waals surface area contributed by atoms with Gasteiger partial charge in [-0.1, -0.05) is 35.5 Å². The number of nitrogens with one attached hydrogen (secondary N) is 1. The number of rotatable bonds is 9. The fourth-order valence-corrected chi connectivity index (χ4v) is 3.05. The highest BCUT2D eigenvalue weighted by Gasteiger charge is 2.06. The molecule has 0 spiro atoms. The van der Waals surface area contributed by atoms with Crippen LogP contribution in [0, 0.1) is 13.8 Å². The molecule has 3 N–H and O–H groups in total. The summed E-state index contributed by atoms with van der Waals surface area (Å²) in [5.74, 6) is 0.686. The standard InChI is InChI=1S/C23H27N5O3/c1-16-11-17(2)28(26-16)14-19-5-4-6-20(12-19)23(24)27-31-15-22(29)25-13-18-7-9-21(30-3)10-8-18/h4-12H,13-15H2,1-3H3,(H2,24,27)(H,25,29). The van der Waals surface area contributed by atoms with Crippen LogP contribution in [0.25, 0.3) is 0 Å². The van der Waals surface area contributed by atoms with E-state index in [1.165, 1.54) is 0 Å². The molecule has 31 heavy (non-hydrogen) atoms. The highest BCUT2D eigenvalue weighted by molar-refractivity contribution is 5.97. The van der Waals surface area contributed by atoms with Gasteiger partial charge in [0.2, 0.25) is 0 Å². The Morgan fingerprint density at radius 2 is 1.90 bits per heavy atom. The minimum atomic E-state index is -0.286. The van der Waals surface area contributed by atoms with E-state index in [2.05, 4.69) is 15.6 Å². The Labute approximate surface area is 181 Å². The number of ether oxygens (including phenoxy) is 1. The van der Waals surface area contributed by atoms with Gasteiger partial charge in [0.15, 0.2) is 12.4 Å². The van der Waals surface area contributed by atoms with Crippen molar-refractivity contribution in [1.29, 1.82) is 0 Å². The molecule has 0 bridgehead atoms. The highest BCUT2D eigenvalue weighted by atomic mass is 16.6. The summed E-state index contributed by atoms with van der Waals surface area (Å²) in [7, 11) is 1.61. The summed E-state index contributed by atoms with van der Waals surface area (Å²) in [4.78, 5) is 17.1. The van der Waals surface area contributed by atoms with Crippen molar-refractivity contribution in [2.45, 2.75) is 26.9 Å². The topological polar surface area (TPSA) is 104 Å². The number of carbonyl (C=O) groups is 1. The first-order valence-corrected chi connectivity index (χ1v) is 9.90. The Kier molecular flexibility index (Phi) is 7.26. The quantitative estimate of drug-likeness (QED) is 0.314. The maximum atomic E-state index is 12.0. The lowest BCUT2D eigenvalue weighted by Crippen LogP contribution is -2.27. The number of amidine groups is 1. The fraction of sp³-hybridized carbons (Fsp3) is 0.261. The van der Waals surface area contributed by atoms with Crippen molar-refractivity contribution >= 4 is 11.7 Å². The van der Waals surface area contributed by atoms with Crippen LogP contribution in [0.2, 0.25) is 0 Å². The molecular weight excluding hydrogens is 394 g/mol. The van der Waals surface area contributed by atoms with Gasteiger partial charge in [0.05, 0.1) is 19.3 Å². The van der Waals surface area contributed by atoms with Crippen molar-refractivity contribution in [3.8, 4) is 5.75 Å². The summed E-state index contributed by atoms with van der Waals surface area (Å²) in [6.07, 6.45) is 0. The van der Waals surface area contributed by atoms with E-state index in [-0.39, 0.29) is 18.3 Å². The first-order chi connectivity index (χ1) is 14.9. The van der Waals surface area contributed by atoms with Crippen LogP contribution in [0.4, 0.5) is 0 Å². The lowest BCUT2D eigenvalue weighted by molar-refractivity contribution is -0.125. The second kappa shape index (κ2) is 10.3. The molecule has 8 heteroatoms. The van der Waals surface area contributed by atoms with E-state index in [1.54, 1.807) is 7.11 Å². The van der Waals surface area contributed by atoms with Crippen LogP contribution in [0.1, 0.15) is 28.1 Å². The number of nitrogens with two attached hydrogens (primary N) is 1. The summed E-state index contributed by atoms with van der Waals surface area (Å²) >= 11 is 0. The van der Waals surface area contributed by atoms with Crippen LogP contribution in [-0.4, -0.2) is 35.2 Å². The van der Waals surface area contributed by atoms with E-state index in [0.717, 1.165) is 33.8 Å². The maximum absolute atomic E-state index is 12.0. The van der Waals surface area contributed by atoms with Gasteiger partial charge in [-0.3, -0.25) is 9.48 Å². The third kappa shape index (κ3) is 6.33. The molecule has 1 aromatic heterocycles. The molecule has 8 nitrogen and oxygen atoms in total. The zero-order valence-electron chi connectivity index (χ0n) is 18.0. The van der Waals surface area contributed by atoms with Crippen LogP contribution in [0.3, 0.4) is 0 Å². The van der Waals surface area contributed by atoms with Crippen molar-refractivity contribution in [2.75, 3.05) is 13.7 Å². The Morgan fingerprint density at radius 1 is 1.13 bits per heavy atom. The summed E-state index contributed by atoms with van der Waals surface area (Å²) < 4.78 is 7.05. The Morgan fingerprint density at radius 3 is 2.58 bits per heavy atom. The number of hydrogen-bond donors (Lipinski definition) is 2. The van der Waals surface area contributed by atoms with E-state index in [0.29, 0.717) is 13.1 Å². The molecule has 3 rings (SSSR count). The maximum Gasteiger partial charge on any atom is 0.261 e. The van der Waals surface area contributed by atoms with Gasteiger partial charge in [-0.2, -0.15) is 5.10 Å². The summed E-state index contributed by atoms with van der Waals surface area (Å²) in [6.45, 7) is 4.79. The van der Waals surface area contributed by atoms with Crippen molar-refractivity contribution in [2.24, 2.45) is 10.9 Å². The number of hydrogen-bond acceptors (Lipinski definition) is 5. The van der Waals surface area contributed by atoms with Gasteiger partial charge in [0.1, 0.15) is 5.75 Å². The van der Waals surface area contributed by atoms with Crippen LogP contribution in [-0.2, 0) is 22.7 Å². The summed E-state index contributed by atoms with van der Waals surface area (Å²) in [6, 6.07) is 17.2. The molecule has 1 heterocycles. The smallest absolute Gasteiger partial charge is 0.261 e. The number of oxime groups is 1. The number of nitrogens with zero attached hydrogens (tertiary/aromatic N) is 3. The average molecular weight is 422 g/mol. The molecule has 2 aromatic carbocycles. The van der Waals surface area contributed by atoms with Crippen LogP contribution in [0.15, 0.2) is 59.8 Å². The molecule has 0 aliphatic rings. The molecule has 0 aliphatic heterocycles. The van der Waals surface area contributed by atoms with E-state index in [4.69, 9.17) is 15.3 Å². The number of amides is 1. The SMILES string of the molecule is COc1ccc(CNC(=O)CO/N=C(/N)c2cccc(Cn3nc(C)cc3C)c2)cc1. The third-order valence-electron chi connectivity index (χ3n) is 4.67. The van der Waals surface area contributed by atoms with Gasteiger partial charge < -0.3 is 20.6 Å². The fourth-order valence-electron chi connectivity index (χ4n) is 3.05. The van der Waals surface area contributed by atoms with Gasteiger partial charge in [0.25, 0.3) is 5.91 Å². The first-order valence-electron chi connectivity index (χ1n) is 9.90. The number of methoxy groups -OCH3 is 1. The second-order valence-electron chi connectivity index (χ2n) is 7.16. The van der Waals surface area contributed by atoms with Crippen molar-refractivity contribution < 1.29 is 14.4 Å². The van der Waals surface area contributed by atoms with Gasteiger partial charge in [-0.25, -0.2) is 0 Å². The van der Waals surface area contributed by atoms with Gasteiger partial charge >= 0.3 is 0 Å². The molecule has 0 fully saturated rings. The van der Waals surface area contributed by atoms with Crippen molar-refractivity contribution in [1.82, 2.24) is 15.1 Å². The van der Waals surface area contributed by atoms with Crippen LogP contribution >= 0.6 is 0 Å². The average Bonchev–Trinajstić information content (AvgIpc) is 3.09. The molecule has 0 saturated heterocycles. The number of aromatic nitrogens is 2. The van der Waals surface area contributed by atoms with Crippen molar-refractivity contribution in [3.05, 3.63) is 82.7 Å². The molecule has 0 radical (unpaired) electrons.